The largest absolute Gasteiger partial charge is 0.352 e. The molecule has 3 aromatic carbocycles. The summed E-state index contributed by atoms with van der Waals surface area (Å²) in [6.45, 7) is 1.12. The lowest BCUT2D eigenvalue weighted by molar-refractivity contribution is -0.126. The van der Waals surface area contributed by atoms with Gasteiger partial charge in [-0.25, -0.2) is 9.18 Å². The van der Waals surface area contributed by atoms with Crippen molar-refractivity contribution in [3.8, 4) is 0 Å². The van der Waals surface area contributed by atoms with Crippen molar-refractivity contribution in [3.05, 3.63) is 102 Å². The van der Waals surface area contributed by atoms with Gasteiger partial charge in [0.1, 0.15) is 5.82 Å². The summed E-state index contributed by atoms with van der Waals surface area (Å²) in [6, 6.07) is 25.2. The lowest BCUT2D eigenvalue weighted by Gasteiger charge is -2.37. The SMILES string of the molecule is O=C(NCc1cccc(F)c1)C1CC(c2ccccc2)CN(C(=O)Nc2ccccc2)C1. The number of benzene rings is 3. The summed E-state index contributed by atoms with van der Waals surface area (Å²) < 4.78 is 13.4. The Kier molecular flexibility index (Phi) is 6.80. The van der Waals surface area contributed by atoms with Crippen LogP contribution in [0.1, 0.15) is 23.5 Å². The number of rotatable bonds is 5. The molecule has 5 nitrogen and oxygen atoms in total. The van der Waals surface area contributed by atoms with E-state index >= 15 is 0 Å². The molecule has 6 heteroatoms. The van der Waals surface area contributed by atoms with Gasteiger partial charge in [0.2, 0.25) is 5.91 Å². The molecule has 0 spiro atoms. The van der Waals surface area contributed by atoms with Gasteiger partial charge in [0, 0.05) is 31.2 Å². The van der Waals surface area contributed by atoms with Crippen LogP contribution in [0.3, 0.4) is 0 Å². The molecule has 2 atom stereocenters. The van der Waals surface area contributed by atoms with Gasteiger partial charge in [0.25, 0.3) is 0 Å². The van der Waals surface area contributed by atoms with Crippen molar-refractivity contribution in [1.82, 2.24) is 10.2 Å². The van der Waals surface area contributed by atoms with Crippen LogP contribution in [0.2, 0.25) is 0 Å². The number of likely N-dealkylation sites (tertiary alicyclic amines) is 1. The molecule has 0 aromatic heterocycles. The van der Waals surface area contributed by atoms with Crippen molar-refractivity contribution < 1.29 is 14.0 Å². The summed E-state index contributed by atoms with van der Waals surface area (Å²) in [4.78, 5) is 27.7. The van der Waals surface area contributed by atoms with Gasteiger partial charge in [0.05, 0.1) is 5.92 Å². The predicted molar refractivity (Wildman–Crippen MR) is 123 cm³/mol. The molecule has 3 aromatic rings. The fourth-order valence-corrected chi connectivity index (χ4v) is 4.13. The van der Waals surface area contributed by atoms with Gasteiger partial charge in [0.15, 0.2) is 0 Å². The third-order valence-electron chi connectivity index (χ3n) is 5.76. The number of halogens is 1. The Bertz CT molecular complexity index is 1060. The molecule has 32 heavy (non-hydrogen) atoms. The molecule has 0 aliphatic carbocycles. The summed E-state index contributed by atoms with van der Waals surface area (Å²) in [5.74, 6) is -0.768. The monoisotopic (exact) mass is 431 g/mol. The number of carbonyl (C=O) groups is 2. The van der Waals surface area contributed by atoms with Crippen molar-refractivity contribution >= 4 is 17.6 Å². The zero-order valence-electron chi connectivity index (χ0n) is 17.7. The van der Waals surface area contributed by atoms with Crippen LogP contribution in [-0.2, 0) is 11.3 Å². The molecule has 0 radical (unpaired) electrons. The van der Waals surface area contributed by atoms with E-state index in [9.17, 15) is 14.0 Å². The zero-order chi connectivity index (χ0) is 22.3. The average molecular weight is 432 g/mol. The average Bonchev–Trinajstić information content (AvgIpc) is 2.83. The standard InChI is InChI=1S/C26H26FN3O2/c27-23-11-7-8-19(14-23)16-28-25(31)22-15-21(20-9-3-1-4-10-20)17-30(18-22)26(32)29-24-12-5-2-6-13-24/h1-14,21-22H,15-18H2,(H,28,31)(H,29,32). The molecule has 4 rings (SSSR count). The van der Waals surface area contributed by atoms with E-state index < -0.39 is 0 Å². The van der Waals surface area contributed by atoms with Crippen LogP contribution >= 0.6 is 0 Å². The maximum atomic E-state index is 13.4. The minimum atomic E-state index is -0.357. The molecule has 2 N–H and O–H groups in total. The quantitative estimate of drug-likeness (QED) is 0.611. The van der Waals surface area contributed by atoms with Gasteiger partial charge < -0.3 is 15.5 Å². The van der Waals surface area contributed by atoms with E-state index in [1.165, 1.54) is 12.1 Å². The van der Waals surface area contributed by atoms with Crippen molar-refractivity contribution in [1.29, 1.82) is 0 Å². The lowest BCUT2D eigenvalue weighted by Crippen LogP contribution is -2.49. The van der Waals surface area contributed by atoms with Crippen LogP contribution in [0.4, 0.5) is 14.9 Å². The molecule has 1 aliphatic rings. The molecule has 1 aliphatic heterocycles. The van der Waals surface area contributed by atoms with Gasteiger partial charge in [-0.2, -0.15) is 0 Å². The van der Waals surface area contributed by atoms with Gasteiger partial charge in [-0.1, -0.05) is 60.7 Å². The summed E-state index contributed by atoms with van der Waals surface area (Å²) in [5.41, 5.74) is 2.52. The minimum Gasteiger partial charge on any atom is -0.352 e. The Morgan fingerprint density at radius 1 is 0.906 bits per heavy atom. The first-order valence-corrected chi connectivity index (χ1v) is 10.8. The van der Waals surface area contributed by atoms with E-state index in [1.807, 2.05) is 60.7 Å². The molecular weight excluding hydrogens is 405 g/mol. The highest BCUT2D eigenvalue weighted by Gasteiger charge is 2.34. The summed E-state index contributed by atoms with van der Waals surface area (Å²) in [6.07, 6.45) is 0.647. The van der Waals surface area contributed by atoms with Crippen molar-refractivity contribution in [2.45, 2.75) is 18.9 Å². The van der Waals surface area contributed by atoms with Gasteiger partial charge in [-0.3, -0.25) is 4.79 Å². The molecule has 164 valence electrons. The molecule has 0 saturated carbocycles. The van der Waals surface area contributed by atoms with Crippen LogP contribution in [0.5, 0.6) is 0 Å². The Morgan fingerprint density at radius 2 is 1.62 bits per heavy atom. The number of amides is 3. The first-order valence-electron chi connectivity index (χ1n) is 10.8. The number of nitrogens with zero attached hydrogens (tertiary/aromatic N) is 1. The number of hydrogen-bond acceptors (Lipinski definition) is 2. The van der Waals surface area contributed by atoms with Crippen molar-refractivity contribution in [2.24, 2.45) is 5.92 Å². The third-order valence-corrected chi connectivity index (χ3v) is 5.76. The van der Waals surface area contributed by atoms with E-state index in [1.54, 1.807) is 17.0 Å². The third kappa shape index (κ3) is 5.52. The van der Waals surface area contributed by atoms with Crippen LogP contribution in [0.25, 0.3) is 0 Å². The molecule has 0 bridgehead atoms. The smallest absolute Gasteiger partial charge is 0.321 e. The maximum Gasteiger partial charge on any atom is 0.321 e. The fraction of sp³-hybridized carbons (Fsp3) is 0.231. The van der Waals surface area contributed by atoms with Gasteiger partial charge in [-0.05, 0) is 41.8 Å². The second kappa shape index (κ2) is 10.1. The second-order valence-corrected chi connectivity index (χ2v) is 8.09. The highest BCUT2D eigenvalue weighted by atomic mass is 19.1. The number of para-hydroxylation sites is 1. The van der Waals surface area contributed by atoms with E-state index in [0.29, 0.717) is 30.8 Å². The van der Waals surface area contributed by atoms with Gasteiger partial charge >= 0.3 is 6.03 Å². The summed E-state index contributed by atoms with van der Waals surface area (Å²) >= 11 is 0. The van der Waals surface area contributed by atoms with Crippen molar-refractivity contribution in [2.75, 3.05) is 18.4 Å². The first kappa shape index (κ1) is 21.6. The number of urea groups is 1. The van der Waals surface area contributed by atoms with E-state index in [2.05, 4.69) is 10.6 Å². The molecule has 3 amide bonds. The number of nitrogens with one attached hydrogen (secondary N) is 2. The van der Waals surface area contributed by atoms with E-state index in [-0.39, 0.29) is 36.1 Å². The molecule has 2 unspecified atom stereocenters. The number of carbonyl (C=O) groups excluding carboxylic acids is 2. The lowest BCUT2D eigenvalue weighted by atomic mass is 9.84. The molecule has 1 heterocycles. The summed E-state index contributed by atoms with van der Waals surface area (Å²) in [7, 11) is 0. The maximum absolute atomic E-state index is 13.4. The molecular formula is C26H26FN3O2. The molecule has 1 saturated heterocycles. The second-order valence-electron chi connectivity index (χ2n) is 8.09. The van der Waals surface area contributed by atoms with Crippen LogP contribution in [-0.4, -0.2) is 29.9 Å². The predicted octanol–water partition coefficient (Wildman–Crippen LogP) is 4.78. The Labute approximate surface area is 187 Å². The Balaban J connectivity index is 1.47. The van der Waals surface area contributed by atoms with Crippen LogP contribution < -0.4 is 10.6 Å². The van der Waals surface area contributed by atoms with Gasteiger partial charge in [-0.15, -0.1) is 0 Å². The minimum absolute atomic E-state index is 0.0522. The summed E-state index contributed by atoms with van der Waals surface area (Å²) in [5, 5.41) is 5.83. The highest BCUT2D eigenvalue weighted by Crippen LogP contribution is 2.31. The Morgan fingerprint density at radius 3 is 2.34 bits per heavy atom. The number of anilines is 1. The zero-order valence-corrected chi connectivity index (χ0v) is 17.7. The topological polar surface area (TPSA) is 61.4 Å². The highest BCUT2D eigenvalue weighted by molar-refractivity contribution is 5.90. The number of hydrogen-bond donors (Lipinski definition) is 2. The van der Waals surface area contributed by atoms with Crippen molar-refractivity contribution in [3.63, 3.8) is 0 Å². The fourth-order valence-electron chi connectivity index (χ4n) is 4.13. The van der Waals surface area contributed by atoms with E-state index in [0.717, 1.165) is 5.56 Å². The Hall–Kier alpha value is -3.67. The number of piperidine rings is 1. The molecule has 1 fully saturated rings. The van der Waals surface area contributed by atoms with Crippen LogP contribution in [0.15, 0.2) is 84.9 Å². The normalized spacial score (nSPS) is 18.1. The van der Waals surface area contributed by atoms with E-state index in [4.69, 9.17) is 0 Å². The first-order chi connectivity index (χ1) is 15.6. The van der Waals surface area contributed by atoms with Crippen LogP contribution in [0, 0.1) is 11.7 Å².